The van der Waals surface area contributed by atoms with Crippen LogP contribution in [0.3, 0.4) is 0 Å². The van der Waals surface area contributed by atoms with Crippen molar-refractivity contribution in [2.24, 2.45) is 5.92 Å². The van der Waals surface area contributed by atoms with E-state index in [2.05, 4.69) is 428 Å². The van der Waals surface area contributed by atoms with Gasteiger partial charge in [0.2, 0.25) is 0 Å². The van der Waals surface area contributed by atoms with Crippen molar-refractivity contribution >= 4 is 145 Å². The van der Waals surface area contributed by atoms with Gasteiger partial charge in [0.1, 0.15) is 0 Å². The monoisotopic (exact) mass is 2020 g/mol. The second kappa shape index (κ2) is 62.4. The number of likely N-dealkylation sites (tertiary alicyclic amines) is 1. The first-order chi connectivity index (χ1) is 59.9. The molecular formula is C111H139NO4P4PdSn2. The SMILES string of the molecule is CCC[CH2][SnH]([CH2]CCC)[CH2]CCC.CCC[CH2][Sn]([CH]=CCCC(OC(C)=O)C1CN(C)CCC1OC(C)=O)([CH2]CCC)[CH2]CCC.[Pd].c1ccc(P(c2ccccc2)c2ccccc2)cc1.c1ccc(P(c2ccccc2)c2ccccc2)cc1.c1ccc(P(c2ccccc2)c2ccccc2)cc1.c1ccc(P(c2ccccc2)c2ccccc2)cc1. The Labute approximate surface area is 773 Å². The molecule has 0 amide bonds. The molecule has 1 fully saturated rings. The van der Waals surface area contributed by atoms with Crippen LogP contribution in [0.15, 0.2) is 374 Å². The number of rotatable bonds is 37. The number of allylic oxidation sites excluding steroid dienone is 1. The number of ether oxygens (including phenoxy) is 2. The summed E-state index contributed by atoms with van der Waals surface area (Å²) in [5, 5.41) is 16.8. The predicted molar refractivity (Wildman–Crippen MR) is 547 cm³/mol. The summed E-state index contributed by atoms with van der Waals surface area (Å²) < 4.78 is 23.6. The largest absolute Gasteiger partial charge is 0.0622 e. The summed E-state index contributed by atoms with van der Waals surface area (Å²) >= 11 is -3.26. The molecule has 0 aromatic heterocycles. The quantitative estimate of drug-likeness (QED) is 0.0221. The maximum absolute atomic E-state index is 11.9. The first-order valence-electron chi connectivity index (χ1n) is 45.4. The molecule has 3 atom stereocenters. The molecule has 1 heterocycles. The second-order valence-electron chi connectivity index (χ2n) is 31.8. The van der Waals surface area contributed by atoms with Crippen molar-refractivity contribution in [1.29, 1.82) is 0 Å². The van der Waals surface area contributed by atoms with Gasteiger partial charge in [-0.05, 0) is 95.3 Å². The number of piperidine rings is 1. The van der Waals surface area contributed by atoms with Crippen molar-refractivity contribution < 1.29 is 39.5 Å². The molecular weight excluding hydrogens is 1880 g/mol. The Balaban J connectivity index is 0.000000207. The molecule has 12 heteroatoms. The molecule has 0 bridgehead atoms. The zero-order valence-electron chi connectivity index (χ0n) is 75.1. The Kier molecular flexibility index (Phi) is 52.4. The molecule has 650 valence electrons. The molecule has 1 aliphatic heterocycles. The molecule has 12 aromatic rings. The maximum Gasteiger partial charge on any atom is 0 e. The van der Waals surface area contributed by atoms with Gasteiger partial charge >= 0.3 is 301 Å². The minimum absolute atomic E-state index is 0. The Morgan fingerprint density at radius 3 is 0.772 bits per heavy atom. The summed E-state index contributed by atoms with van der Waals surface area (Å²) in [5.74, 6) is -0.475. The van der Waals surface area contributed by atoms with Crippen LogP contribution in [0.2, 0.25) is 26.6 Å². The molecule has 0 N–H and O–H groups in total. The van der Waals surface area contributed by atoms with Crippen LogP contribution in [0.25, 0.3) is 0 Å². The molecule has 3 unspecified atom stereocenters. The van der Waals surface area contributed by atoms with Crippen LogP contribution < -0.4 is 63.7 Å². The second-order valence-corrected chi connectivity index (χ2v) is 63.6. The number of unbranched alkanes of at least 4 members (excludes halogenated alkanes) is 6. The van der Waals surface area contributed by atoms with Gasteiger partial charge in [0, 0.05) is 20.4 Å². The first-order valence-corrected chi connectivity index (χ1v) is 65.5. The zero-order chi connectivity index (χ0) is 86.3. The van der Waals surface area contributed by atoms with Crippen LogP contribution in [0.4, 0.5) is 0 Å². The third-order valence-electron chi connectivity index (χ3n) is 22.2. The molecule has 0 saturated carbocycles. The summed E-state index contributed by atoms with van der Waals surface area (Å²) in [7, 11) is 0.299. The molecule has 12 aromatic carbocycles. The summed E-state index contributed by atoms with van der Waals surface area (Å²) in [6, 6.07) is 129. The Morgan fingerprint density at radius 1 is 0.358 bits per heavy atom. The minimum Gasteiger partial charge on any atom is -0.0622 e. The van der Waals surface area contributed by atoms with Gasteiger partial charge in [-0.3, -0.25) is 0 Å². The normalized spacial score (nSPS) is 13.3. The Hall–Kier alpha value is -6.74. The topological polar surface area (TPSA) is 55.8 Å². The summed E-state index contributed by atoms with van der Waals surface area (Å²) in [5.41, 5.74) is 0. The molecule has 123 heavy (non-hydrogen) atoms. The average molecular weight is 2020 g/mol. The van der Waals surface area contributed by atoms with Crippen LogP contribution in [-0.2, 0) is 39.5 Å². The van der Waals surface area contributed by atoms with Gasteiger partial charge in [-0.25, -0.2) is 0 Å². The first kappa shape index (κ1) is 103. The van der Waals surface area contributed by atoms with Crippen LogP contribution >= 0.6 is 31.7 Å². The Bertz CT molecular complexity index is 3770. The van der Waals surface area contributed by atoms with E-state index < -0.39 is 69.8 Å². The summed E-state index contributed by atoms with van der Waals surface area (Å²) in [4.78, 5) is 25.8. The fourth-order valence-electron chi connectivity index (χ4n) is 15.9. The van der Waals surface area contributed by atoms with E-state index in [1.54, 1.807) is 13.3 Å². The van der Waals surface area contributed by atoms with E-state index in [0.29, 0.717) is 0 Å². The third-order valence-corrected chi connectivity index (χ3v) is 56.7. The van der Waals surface area contributed by atoms with E-state index in [-0.39, 0.29) is 50.5 Å². The number of nitrogens with zero attached hydrogens (tertiary/aromatic N) is 1. The molecule has 1 saturated heterocycles. The van der Waals surface area contributed by atoms with Gasteiger partial charge in [0.25, 0.3) is 0 Å². The fourth-order valence-corrected chi connectivity index (χ4v) is 50.5. The van der Waals surface area contributed by atoms with Crippen LogP contribution in [0.5, 0.6) is 0 Å². The number of carbonyl (C=O) groups is 2. The number of esters is 2. The van der Waals surface area contributed by atoms with Gasteiger partial charge in [-0.1, -0.05) is 364 Å². The fraction of sp³-hybridized carbons (Fsp3) is 0.315. The van der Waals surface area contributed by atoms with Crippen molar-refractivity contribution in [2.75, 3.05) is 20.1 Å². The number of carbonyl (C=O) groups excluding carboxylic acids is 2. The number of hydrogen-bond donors (Lipinski definition) is 0. The van der Waals surface area contributed by atoms with Crippen LogP contribution in [-0.4, -0.2) is 87.3 Å². The van der Waals surface area contributed by atoms with Gasteiger partial charge in [-0.15, -0.1) is 0 Å². The average Bonchev–Trinajstić information content (AvgIpc) is 0.830. The van der Waals surface area contributed by atoms with Crippen molar-refractivity contribution in [3.8, 4) is 0 Å². The van der Waals surface area contributed by atoms with E-state index in [9.17, 15) is 9.59 Å². The Morgan fingerprint density at radius 2 is 0.577 bits per heavy atom. The molecule has 0 aliphatic carbocycles. The van der Waals surface area contributed by atoms with Crippen LogP contribution in [0, 0.1) is 5.92 Å². The van der Waals surface area contributed by atoms with E-state index >= 15 is 0 Å². The van der Waals surface area contributed by atoms with Crippen molar-refractivity contribution in [1.82, 2.24) is 4.90 Å². The number of hydrogen-bond acceptors (Lipinski definition) is 5. The number of benzene rings is 12. The zero-order valence-corrected chi connectivity index (χ0v) is 86.3. The van der Waals surface area contributed by atoms with Gasteiger partial charge in [0.15, 0.2) is 0 Å². The van der Waals surface area contributed by atoms with Crippen molar-refractivity contribution in [3.63, 3.8) is 0 Å². The minimum atomic E-state index is -2.29. The molecule has 5 nitrogen and oxygen atoms in total. The molecule has 0 radical (unpaired) electrons. The molecule has 1 aliphatic rings. The van der Waals surface area contributed by atoms with E-state index in [1.165, 1.54) is 168 Å². The van der Waals surface area contributed by atoms with Crippen molar-refractivity contribution in [2.45, 2.75) is 191 Å². The van der Waals surface area contributed by atoms with Gasteiger partial charge in [-0.2, -0.15) is 0 Å². The maximum atomic E-state index is 11.9. The van der Waals surface area contributed by atoms with Gasteiger partial charge in [0.05, 0.1) is 0 Å². The van der Waals surface area contributed by atoms with E-state index in [0.717, 1.165) is 32.4 Å². The van der Waals surface area contributed by atoms with Crippen LogP contribution in [0.1, 0.15) is 152 Å². The standard InChI is InChI=1S/4C18H15P.C15H24NO4.6C4H9.Pd.2Sn.H/c4*1-4-10-16(11-5-1)19(17-12-6-2-7-13-17)18-14-8-3-9-15-18;1-5-6-7-14(19-11(2)17)13-10-16(4)9-8-15(13)20-12(3)18;6*1-3-4-2;;;;/h4*1-15H;1,5,13-15H,6-10H2,2-4H3;6*1,3-4H2,2H3;;;;. The third kappa shape index (κ3) is 38.0. The molecule has 0 spiro atoms. The summed E-state index contributed by atoms with van der Waals surface area (Å²) in [6.45, 7) is 18.6. The van der Waals surface area contributed by atoms with Gasteiger partial charge < -0.3 is 0 Å². The van der Waals surface area contributed by atoms with E-state index in [4.69, 9.17) is 9.47 Å². The van der Waals surface area contributed by atoms with E-state index in [1.807, 2.05) is 0 Å². The smallest absolute Gasteiger partial charge is 0 e. The molecule has 13 rings (SSSR count). The predicted octanol–water partition coefficient (Wildman–Crippen LogP) is 24.9. The van der Waals surface area contributed by atoms with Crippen molar-refractivity contribution in [3.05, 3.63) is 374 Å². The summed E-state index contributed by atoms with van der Waals surface area (Å²) in [6.07, 6.45) is 21.4.